The number of hydrogen-bond donors (Lipinski definition) is 2. The van der Waals surface area contributed by atoms with Gasteiger partial charge in [0.25, 0.3) is 0 Å². The van der Waals surface area contributed by atoms with Gasteiger partial charge in [-0.2, -0.15) is 0 Å². The SMILES string of the molecule is CCCCCCCC/C=C\CCCCCCCCOCC(CN1CCCCC1)OCCCOCCCC[C@H]1CC[C@@]2(C)C(CCC3(N)[C@@H]2CC[C@]2(C)[C@@H]([C@H](C)CCCC(C)C)CC[C@@]32N)C1. The number of ether oxygens (including phenoxy) is 3. The Morgan fingerprint density at radius 2 is 1.30 bits per heavy atom. The van der Waals surface area contributed by atoms with Crippen LogP contribution in [0.15, 0.2) is 12.2 Å². The van der Waals surface area contributed by atoms with E-state index >= 15 is 0 Å². The summed E-state index contributed by atoms with van der Waals surface area (Å²) < 4.78 is 18.9. The van der Waals surface area contributed by atoms with Crippen molar-refractivity contribution in [2.24, 2.45) is 57.8 Å². The summed E-state index contributed by atoms with van der Waals surface area (Å²) in [5.41, 5.74) is 15.7. The fourth-order valence-corrected chi connectivity index (χ4v) is 15.3. The van der Waals surface area contributed by atoms with Gasteiger partial charge < -0.3 is 30.6 Å². The zero-order valence-corrected chi connectivity index (χ0v) is 45.0. The van der Waals surface area contributed by atoms with Crippen molar-refractivity contribution < 1.29 is 14.2 Å². The third-order valence-corrected chi connectivity index (χ3v) is 19.5. The Hall–Kier alpha value is -0.500. The lowest BCUT2D eigenvalue weighted by Gasteiger charge is -2.69. The summed E-state index contributed by atoms with van der Waals surface area (Å²) >= 11 is 0. The number of likely N-dealkylation sites (tertiary alicyclic amines) is 1. The molecule has 0 radical (unpaired) electrons. The number of fused-ring (bicyclic) bond motifs is 5. The van der Waals surface area contributed by atoms with E-state index in [1.807, 2.05) is 0 Å². The maximum Gasteiger partial charge on any atom is 0.0934 e. The van der Waals surface area contributed by atoms with Crippen molar-refractivity contribution in [2.75, 3.05) is 52.7 Å². The van der Waals surface area contributed by atoms with Crippen LogP contribution in [-0.4, -0.2) is 74.8 Å². The molecule has 5 rings (SSSR count). The van der Waals surface area contributed by atoms with E-state index in [2.05, 4.69) is 58.6 Å². The number of piperidine rings is 1. The van der Waals surface area contributed by atoms with Gasteiger partial charge in [-0.15, -0.1) is 0 Å². The first-order chi connectivity index (χ1) is 32.0. The molecular weight excluding hydrogens is 811 g/mol. The van der Waals surface area contributed by atoms with E-state index in [0.29, 0.717) is 11.3 Å². The number of rotatable bonds is 35. The van der Waals surface area contributed by atoms with E-state index in [4.69, 9.17) is 25.7 Å². The number of nitrogens with two attached hydrogens (primary N) is 2. The summed E-state index contributed by atoms with van der Waals surface area (Å²) in [5, 5.41) is 0. The van der Waals surface area contributed by atoms with Gasteiger partial charge >= 0.3 is 0 Å². The number of allylic oxidation sites excluding steroid dienone is 2. The van der Waals surface area contributed by atoms with Crippen molar-refractivity contribution in [1.82, 2.24) is 4.90 Å². The van der Waals surface area contributed by atoms with Gasteiger partial charge in [-0.05, 0) is 175 Å². The van der Waals surface area contributed by atoms with Gasteiger partial charge in [0.15, 0.2) is 0 Å². The van der Waals surface area contributed by atoms with Crippen LogP contribution in [0.1, 0.15) is 253 Å². The lowest BCUT2D eigenvalue weighted by Crippen LogP contribution is -2.80. The highest BCUT2D eigenvalue weighted by Crippen LogP contribution is 2.70. The molecule has 0 bridgehead atoms. The maximum atomic E-state index is 7.82. The molecule has 1 heterocycles. The minimum Gasteiger partial charge on any atom is -0.381 e. The first-order valence-corrected chi connectivity index (χ1v) is 29.7. The van der Waals surface area contributed by atoms with Crippen molar-refractivity contribution in [2.45, 2.75) is 271 Å². The quantitative estimate of drug-likeness (QED) is 0.0487. The third kappa shape index (κ3) is 16.3. The van der Waals surface area contributed by atoms with Crippen LogP contribution in [0.5, 0.6) is 0 Å². The minimum absolute atomic E-state index is 0.169. The lowest BCUT2D eigenvalue weighted by molar-refractivity contribution is -0.146. The van der Waals surface area contributed by atoms with E-state index < -0.39 is 0 Å². The van der Waals surface area contributed by atoms with E-state index in [1.54, 1.807) is 0 Å². The largest absolute Gasteiger partial charge is 0.381 e. The van der Waals surface area contributed by atoms with Crippen LogP contribution in [0.3, 0.4) is 0 Å². The average molecular weight is 925 g/mol. The Morgan fingerprint density at radius 3 is 2.03 bits per heavy atom. The van der Waals surface area contributed by atoms with Crippen LogP contribution in [0.25, 0.3) is 0 Å². The van der Waals surface area contributed by atoms with Crippen LogP contribution in [-0.2, 0) is 14.2 Å². The molecule has 6 heteroatoms. The smallest absolute Gasteiger partial charge is 0.0934 e. The van der Waals surface area contributed by atoms with Gasteiger partial charge in [-0.25, -0.2) is 0 Å². The van der Waals surface area contributed by atoms with Crippen molar-refractivity contribution in [3.05, 3.63) is 12.2 Å². The second kappa shape index (κ2) is 29.7. The molecule has 0 spiro atoms. The Morgan fingerprint density at radius 1 is 0.636 bits per heavy atom. The fourth-order valence-electron chi connectivity index (χ4n) is 15.3. The molecule has 0 aromatic heterocycles. The van der Waals surface area contributed by atoms with Gasteiger partial charge in [0.1, 0.15) is 0 Å². The molecule has 5 aliphatic rings. The molecule has 4 N–H and O–H groups in total. The molecule has 1 aliphatic heterocycles. The van der Waals surface area contributed by atoms with Crippen LogP contribution < -0.4 is 11.5 Å². The van der Waals surface area contributed by atoms with Crippen molar-refractivity contribution in [1.29, 1.82) is 0 Å². The first kappa shape index (κ1) is 56.4. The normalized spacial score (nSPS) is 32.4. The monoisotopic (exact) mass is 924 g/mol. The molecule has 386 valence electrons. The third-order valence-electron chi connectivity index (χ3n) is 19.5. The lowest BCUT2D eigenvalue weighted by atomic mass is 9.39. The summed E-state index contributed by atoms with van der Waals surface area (Å²) in [6.45, 7) is 22.3. The summed E-state index contributed by atoms with van der Waals surface area (Å²) in [6, 6.07) is 0. The molecule has 6 nitrogen and oxygen atoms in total. The molecule has 0 aromatic rings. The van der Waals surface area contributed by atoms with E-state index in [1.165, 1.54) is 206 Å². The number of hydrogen-bond acceptors (Lipinski definition) is 6. The Bertz CT molecular complexity index is 1300. The molecule has 1 saturated heterocycles. The molecule has 5 fully saturated rings. The summed E-state index contributed by atoms with van der Waals surface area (Å²) in [5.74, 6) is 4.54. The van der Waals surface area contributed by atoms with Crippen molar-refractivity contribution in [3.8, 4) is 0 Å². The van der Waals surface area contributed by atoms with E-state index in [0.717, 1.165) is 88.4 Å². The average Bonchev–Trinajstić information content (AvgIpc) is 3.59. The Balaban J connectivity index is 0.897. The summed E-state index contributed by atoms with van der Waals surface area (Å²) in [4.78, 5) is 2.60. The molecule has 0 aromatic carbocycles. The first-order valence-electron chi connectivity index (χ1n) is 29.7. The molecule has 0 amide bonds. The zero-order valence-electron chi connectivity index (χ0n) is 45.0. The Labute approximate surface area is 410 Å². The molecule has 4 aliphatic carbocycles. The van der Waals surface area contributed by atoms with Gasteiger partial charge in [0.05, 0.1) is 12.7 Å². The highest BCUT2D eigenvalue weighted by Gasteiger charge is 2.71. The second-order valence-electron chi connectivity index (χ2n) is 24.7. The standard InChI is InChI=1S/C60H113N3O3/c1-7-8-9-10-11-12-13-14-15-16-17-18-19-20-21-26-44-65-49-54(48-63-41-24-22-25-42-63)66-46-29-45-64-43-27-23-32-52-33-37-57(5)53(47-52)34-39-59(61)56(57)36-38-58(6)55(35-40-60(58,59)62)51(4)31-28-30-50(2)3/h14-15,50-56H,7-13,16-49,61-62H2,1-6H3/b15-14-/t51-,52+,53?,54?,55-,56-,57+,58-,59?,60+/m1/s1. The van der Waals surface area contributed by atoms with E-state index in [9.17, 15) is 0 Å². The van der Waals surface area contributed by atoms with Crippen molar-refractivity contribution >= 4 is 0 Å². The predicted molar refractivity (Wildman–Crippen MR) is 283 cm³/mol. The molecule has 10 atom stereocenters. The summed E-state index contributed by atoms with van der Waals surface area (Å²) in [6.07, 6.45) is 48.3. The number of unbranched alkanes of at least 4 members (excludes halogenated alkanes) is 13. The zero-order chi connectivity index (χ0) is 47.1. The highest BCUT2D eigenvalue weighted by molar-refractivity contribution is 5.28. The minimum atomic E-state index is -0.219. The maximum absolute atomic E-state index is 7.82. The van der Waals surface area contributed by atoms with Gasteiger partial charge in [0.2, 0.25) is 0 Å². The molecule has 66 heavy (non-hydrogen) atoms. The molecule has 3 unspecified atom stereocenters. The van der Waals surface area contributed by atoms with Crippen LogP contribution in [0.4, 0.5) is 0 Å². The Kier molecular flexibility index (Phi) is 25.4. The van der Waals surface area contributed by atoms with Crippen LogP contribution >= 0.6 is 0 Å². The van der Waals surface area contributed by atoms with E-state index in [-0.39, 0.29) is 22.6 Å². The number of nitrogens with zero attached hydrogens (tertiary/aromatic N) is 1. The van der Waals surface area contributed by atoms with Gasteiger partial charge in [-0.1, -0.05) is 150 Å². The molecular formula is C60H113N3O3. The summed E-state index contributed by atoms with van der Waals surface area (Å²) in [7, 11) is 0. The van der Waals surface area contributed by atoms with Gasteiger partial charge in [0, 0.05) is 44.1 Å². The topological polar surface area (TPSA) is 83.0 Å². The molecule has 4 saturated carbocycles. The second-order valence-corrected chi connectivity index (χ2v) is 24.7. The highest BCUT2D eigenvalue weighted by atomic mass is 16.5. The van der Waals surface area contributed by atoms with Crippen LogP contribution in [0, 0.1) is 46.3 Å². The fraction of sp³-hybridized carbons (Fsp3) is 0.967. The van der Waals surface area contributed by atoms with Crippen molar-refractivity contribution in [3.63, 3.8) is 0 Å². The van der Waals surface area contributed by atoms with Crippen LogP contribution in [0.2, 0.25) is 0 Å². The van der Waals surface area contributed by atoms with Gasteiger partial charge in [-0.3, -0.25) is 0 Å². The predicted octanol–water partition coefficient (Wildman–Crippen LogP) is 15.4.